The highest BCUT2D eigenvalue weighted by Gasteiger charge is 2.24. The molecule has 19 heavy (non-hydrogen) atoms. The Hall–Kier alpha value is -0.610. The van der Waals surface area contributed by atoms with Crippen LogP contribution >= 0.6 is 34.5 Å². The van der Waals surface area contributed by atoms with Crippen LogP contribution < -0.4 is 5.32 Å². The molecule has 0 aliphatic heterocycles. The van der Waals surface area contributed by atoms with E-state index in [0.29, 0.717) is 16.1 Å². The molecule has 0 saturated carbocycles. The molecule has 100 valence electrons. The van der Waals surface area contributed by atoms with Gasteiger partial charge in [0.2, 0.25) is 0 Å². The summed E-state index contributed by atoms with van der Waals surface area (Å²) < 4.78 is 0. The van der Waals surface area contributed by atoms with Crippen molar-refractivity contribution < 1.29 is 0 Å². The lowest BCUT2D eigenvalue weighted by Gasteiger charge is -2.19. The van der Waals surface area contributed by atoms with Crippen LogP contribution in [0.5, 0.6) is 0 Å². The summed E-state index contributed by atoms with van der Waals surface area (Å²) in [6.07, 6.45) is 3.49. The minimum Gasteiger partial charge on any atom is -0.312 e. The highest BCUT2D eigenvalue weighted by Crippen LogP contribution is 2.39. The van der Waals surface area contributed by atoms with Crippen molar-refractivity contribution in [3.05, 3.63) is 38.8 Å². The first-order chi connectivity index (χ1) is 9.19. The van der Waals surface area contributed by atoms with Crippen molar-refractivity contribution in [2.75, 3.05) is 7.05 Å². The zero-order valence-corrected chi connectivity index (χ0v) is 12.9. The molecule has 0 spiro atoms. The van der Waals surface area contributed by atoms with Crippen LogP contribution in [0.4, 0.5) is 0 Å². The molecule has 1 aliphatic carbocycles. The van der Waals surface area contributed by atoms with Crippen LogP contribution in [0.1, 0.15) is 29.5 Å². The van der Waals surface area contributed by atoms with Crippen molar-refractivity contribution in [1.29, 1.82) is 0 Å². The summed E-state index contributed by atoms with van der Waals surface area (Å²) in [6, 6.07) is 5.95. The average molecular weight is 313 g/mol. The zero-order valence-electron chi connectivity index (χ0n) is 10.5. The summed E-state index contributed by atoms with van der Waals surface area (Å²) >= 11 is 14.0. The lowest BCUT2D eigenvalue weighted by molar-refractivity contribution is 0.490. The van der Waals surface area contributed by atoms with Crippen molar-refractivity contribution >= 4 is 34.5 Å². The molecule has 1 atom stereocenters. The standard InChI is InChI=1S/C14H14Cl2N2S/c1-17-11-3-2-4-12-13(11)18-14(19-12)9-6-5-8(15)7-10(9)16/h5-7,11,17H,2-4H2,1H3. The van der Waals surface area contributed by atoms with E-state index in [4.69, 9.17) is 28.2 Å². The van der Waals surface area contributed by atoms with E-state index in [2.05, 4.69) is 5.32 Å². The van der Waals surface area contributed by atoms with Gasteiger partial charge in [0.1, 0.15) is 5.01 Å². The van der Waals surface area contributed by atoms with Crippen molar-refractivity contribution in [1.82, 2.24) is 10.3 Å². The van der Waals surface area contributed by atoms with Crippen molar-refractivity contribution in [3.8, 4) is 10.6 Å². The Morgan fingerprint density at radius 2 is 2.21 bits per heavy atom. The highest BCUT2D eigenvalue weighted by atomic mass is 35.5. The molecule has 1 aromatic heterocycles. The van der Waals surface area contributed by atoms with E-state index >= 15 is 0 Å². The molecule has 0 radical (unpaired) electrons. The number of thiazole rings is 1. The molecular weight excluding hydrogens is 299 g/mol. The first-order valence-corrected chi connectivity index (χ1v) is 7.88. The minimum absolute atomic E-state index is 0.375. The Morgan fingerprint density at radius 3 is 2.95 bits per heavy atom. The highest BCUT2D eigenvalue weighted by molar-refractivity contribution is 7.15. The summed E-state index contributed by atoms with van der Waals surface area (Å²) in [6.45, 7) is 0. The fourth-order valence-corrected chi connectivity index (χ4v) is 4.24. The number of aromatic nitrogens is 1. The number of nitrogens with zero attached hydrogens (tertiary/aromatic N) is 1. The second-order valence-electron chi connectivity index (χ2n) is 4.69. The summed E-state index contributed by atoms with van der Waals surface area (Å²) in [5, 5.41) is 5.65. The van der Waals surface area contributed by atoms with Crippen LogP contribution in [0.2, 0.25) is 10.0 Å². The van der Waals surface area contributed by atoms with Gasteiger partial charge in [0, 0.05) is 15.5 Å². The molecule has 1 heterocycles. The van der Waals surface area contributed by atoms with Gasteiger partial charge in [-0.1, -0.05) is 23.2 Å². The maximum atomic E-state index is 6.26. The third-order valence-corrected chi connectivity index (χ3v) is 5.18. The van der Waals surface area contributed by atoms with Gasteiger partial charge in [-0.2, -0.15) is 0 Å². The van der Waals surface area contributed by atoms with E-state index in [1.807, 2.05) is 19.2 Å². The van der Waals surface area contributed by atoms with E-state index in [9.17, 15) is 0 Å². The number of nitrogens with one attached hydrogen (secondary N) is 1. The van der Waals surface area contributed by atoms with Gasteiger partial charge in [0.05, 0.1) is 16.8 Å². The maximum Gasteiger partial charge on any atom is 0.125 e. The van der Waals surface area contributed by atoms with E-state index in [-0.39, 0.29) is 0 Å². The quantitative estimate of drug-likeness (QED) is 0.868. The first kappa shape index (κ1) is 13.4. The third-order valence-electron chi connectivity index (χ3n) is 3.46. The summed E-state index contributed by atoms with van der Waals surface area (Å²) in [7, 11) is 1.99. The van der Waals surface area contributed by atoms with E-state index in [1.54, 1.807) is 17.4 Å². The zero-order chi connectivity index (χ0) is 13.4. The third kappa shape index (κ3) is 2.52. The molecule has 1 aromatic carbocycles. The van der Waals surface area contributed by atoms with Crippen molar-refractivity contribution in [2.24, 2.45) is 0 Å². The fraction of sp³-hybridized carbons (Fsp3) is 0.357. The van der Waals surface area contributed by atoms with Gasteiger partial charge in [-0.05, 0) is 44.5 Å². The molecule has 5 heteroatoms. The second-order valence-corrected chi connectivity index (χ2v) is 6.61. The molecule has 0 fully saturated rings. The van der Waals surface area contributed by atoms with Gasteiger partial charge in [-0.15, -0.1) is 11.3 Å². The van der Waals surface area contributed by atoms with E-state index in [1.165, 1.54) is 17.0 Å². The predicted octanol–water partition coefficient (Wildman–Crippen LogP) is 4.71. The average Bonchev–Trinajstić information content (AvgIpc) is 2.81. The molecule has 1 N–H and O–H groups in total. The van der Waals surface area contributed by atoms with Gasteiger partial charge in [0.25, 0.3) is 0 Å². The van der Waals surface area contributed by atoms with Gasteiger partial charge in [-0.25, -0.2) is 4.98 Å². The minimum atomic E-state index is 0.375. The van der Waals surface area contributed by atoms with Crippen molar-refractivity contribution in [3.63, 3.8) is 0 Å². The van der Waals surface area contributed by atoms with Crippen LogP contribution in [0, 0.1) is 0 Å². The number of rotatable bonds is 2. The van der Waals surface area contributed by atoms with Gasteiger partial charge in [-0.3, -0.25) is 0 Å². The first-order valence-electron chi connectivity index (χ1n) is 6.31. The Morgan fingerprint density at radius 1 is 1.37 bits per heavy atom. The Labute approximate surface area is 126 Å². The number of benzene rings is 1. The van der Waals surface area contributed by atoms with E-state index < -0.39 is 0 Å². The fourth-order valence-electron chi connectivity index (χ4n) is 2.48. The maximum absolute atomic E-state index is 6.26. The Kier molecular flexibility index (Phi) is 3.81. The number of halogens is 2. The molecule has 2 nitrogen and oxygen atoms in total. The molecule has 0 saturated heterocycles. The topological polar surface area (TPSA) is 24.9 Å². The molecule has 0 amide bonds. The van der Waals surface area contributed by atoms with Crippen LogP contribution in [-0.4, -0.2) is 12.0 Å². The summed E-state index contributed by atoms with van der Waals surface area (Å²) in [5.41, 5.74) is 2.17. The Balaban J connectivity index is 2.05. The monoisotopic (exact) mass is 312 g/mol. The normalized spacial score (nSPS) is 18.4. The predicted molar refractivity (Wildman–Crippen MR) is 82.3 cm³/mol. The van der Waals surface area contributed by atoms with Crippen LogP contribution in [0.25, 0.3) is 10.6 Å². The molecule has 1 unspecified atom stereocenters. The van der Waals surface area contributed by atoms with Gasteiger partial charge in [0.15, 0.2) is 0 Å². The number of fused-ring (bicyclic) bond motifs is 1. The van der Waals surface area contributed by atoms with Crippen LogP contribution in [0.3, 0.4) is 0 Å². The van der Waals surface area contributed by atoms with Crippen molar-refractivity contribution in [2.45, 2.75) is 25.3 Å². The molecule has 1 aliphatic rings. The second kappa shape index (κ2) is 5.41. The summed E-state index contributed by atoms with van der Waals surface area (Å²) in [4.78, 5) is 6.17. The molecule has 2 aromatic rings. The van der Waals surface area contributed by atoms with Crippen LogP contribution in [0.15, 0.2) is 18.2 Å². The lowest BCUT2D eigenvalue weighted by Crippen LogP contribution is -2.21. The Bertz CT molecular complexity index is 609. The van der Waals surface area contributed by atoms with Crippen LogP contribution in [-0.2, 0) is 6.42 Å². The molecule has 3 rings (SSSR count). The molecular formula is C14H14Cl2N2S. The summed E-state index contributed by atoms with van der Waals surface area (Å²) in [5.74, 6) is 0. The van der Waals surface area contributed by atoms with E-state index in [0.717, 1.165) is 23.4 Å². The lowest BCUT2D eigenvalue weighted by atomic mass is 9.98. The van der Waals surface area contributed by atoms with Gasteiger partial charge < -0.3 is 5.32 Å². The number of hydrogen-bond acceptors (Lipinski definition) is 3. The number of aryl methyl sites for hydroxylation is 1. The smallest absolute Gasteiger partial charge is 0.125 e. The largest absolute Gasteiger partial charge is 0.312 e. The molecule has 0 bridgehead atoms. The number of hydrogen-bond donors (Lipinski definition) is 1. The van der Waals surface area contributed by atoms with Gasteiger partial charge >= 0.3 is 0 Å². The SMILES string of the molecule is CNC1CCCc2sc(-c3ccc(Cl)cc3Cl)nc21.